The second kappa shape index (κ2) is 6.57. The predicted octanol–water partition coefficient (Wildman–Crippen LogP) is 3.48. The lowest BCUT2D eigenvalue weighted by Crippen LogP contribution is -2.34. The van der Waals surface area contributed by atoms with Crippen molar-refractivity contribution in [2.75, 3.05) is 0 Å². The molecule has 5 nitrogen and oxygen atoms in total. The van der Waals surface area contributed by atoms with Gasteiger partial charge in [-0.15, -0.1) is 0 Å². The number of imidazole rings is 1. The van der Waals surface area contributed by atoms with Gasteiger partial charge in [0.2, 0.25) is 0 Å². The summed E-state index contributed by atoms with van der Waals surface area (Å²) in [6.45, 7) is 1.04. The molecule has 1 fully saturated rings. The number of benzene rings is 1. The fourth-order valence-electron chi connectivity index (χ4n) is 3.52. The molecule has 2 heterocycles. The largest absolute Gasteiger partial charge is 0.365 e. The molecule has 2 aromatic rings. The molecule has 0 radical (unpaired) electrons. The zero-order valence-electron chi connectivity index (χ0n) is 13.4. The Morgan fingerprint density at radius 3 is 2.75 bits per heavy atom. The molecule has 4 rings (SSSR count). The Labute approximate surface area is 146 Å². The van der Waals surface area contributed by atoms with Crippen molar-refractivity contribution in [1.29, 1.82) is 0 Å². The number of ether oxygens (including phenoxy) is 1. The van der Waals surface area contributed by atoms with Gasteiger partial charge in [-0.3, -0.25) is 4.79 Å². The zero-order valence-corrected chi connectivity index (χ0v) is 14.1. The third-order valence-corrected chi connectivity index (χ3v) is 5.13. The highest BCUT2D eigenvalue weighted by molar-refractivity contribution is 6.30. The molecule has 6 heteroatoms. The van der Waals surface area contributed by atoms with Crippen molar-refractivity contribution >= 4 is 17.5 Å². The van der Waals surface area contributed by atoms with Crippen molar-refractivity contribution in [3.8, 4) is 0 Å². The predicted molar refractivity (Wildman–Crippen MR) is 90.9 cm³/mol. The van der Waals surface area contributed by atoms with Gasteiger partial charge in [-0.25, -0.2) is 4.98 Å². The SMILES string of the molecule is O=C(NC1CCCC1)c1ncn2c1CO[C@@H](c1ccc(Cl)cc1)C2. The molecule has 1 aliphatic carbocycles. The molecule has 2 aliphatic rings. The van der Waals surface area contributed by atoms with Crippen LogP contribution in [0.1, 0.15) is 53.5 Å². The highest BCUT2D eigenvalue weighted by atomic mass is 35.5. The molecule has 1 aromatic carbocycles. The fraction of sp³-hybridized carbons (Fsp3) is 0.444. The summed E-state index contributed by atoms with van der Waals surface area (Å²) < 4.78 is 7.99. The van der Waals surface area contributed by atoms with Gasteiger partial charge in [-0.05, 0) is 30.5 Å². The molecule has 1 atom stereocenters. The second-order valence-electron chi connectivity index (χ2n) is 6.50. The quantitative estimate of drug-likeness (QED) is 0.926. The number of halogens is 1. The minimum atomic E-state index is -0.0795. The lowest BCUT2D eigenvalue weighted by atomic mass is 10.1. The summed E-state index contributed by atoms with van der Waals surface area (Å²) in [7, 11) is 0. The molecule has 1 aromatic heterocycles. The Morgan fingerprint density at radius 2 is 2.00 bits per heavy atom. The van der Waals surface area contributed by atoms with Crippen LogP contribution in [0.4, 0.5) is 0 Å². The van der Waals surface area contributed by atoms with Gasteiger partial charge in [0.15, 0.2) is 5.69 Å². The molecule has 0 bridgehead atoms. The molecule has 1 aliphatic heterocycles. The van der Waals surface area contributed by atoms with Crippen LogP contribution in [0.3, 0.4) is 0 Å². The van der Waals surface area contributed by atoms with Gasteiger partial charge in [0.25, 0.3) is 5.91 Å². The topological polar surface area (TPSA) is 56.2 Å². The maximum atomic E-state index is 12.5. The van der Waals surface area contributed by atoms with E-state index in [-0.39, 0.29) is 12.0 Å². The van der Waals surface area contributed by atoms with Gasteiger partial charge >= 0.3 is 0 Å². The number of nitrogens with zero attached hydrogens (tertiary/aromatic N) is 2. The van der Waals surface area contributed by atoms with Crippen molar-refractivity contribution in [3.05, 3.63) is 52.6 Å². The fourth-order valence-corrected chi connectivity index (χ4v) is 3.65. The molecule has 1 N–H and O–H groups in total. The Hall–Kier alpha value is -1.85. The van der Waals surface area contributed by atoms with E-state index in [9.17, 15) is 4.79 Å². The standard InChI is InChI=1S/C18H20ClN3O2/c19-13-7-5-12(6-8-13)16-9-22-11-20-17(15(22)10-24-16)18(23)21-14-3-1-2-4-14/h5-8,11,14,16H,1-4,9-10H2,(H,21,23)/t16-/m1/s1. The third-order valence-electron chi connectivity index (χ3n) is 4.88. The number of amides is 1. The summed E-state index contributed by atoms with van der Waals surface area (Å²) in [6, 6.07) is 7.97. The Bertz CT molecular complexity index is 735. The minimum absolute atomic E-state index is 0.0466. The first-order valence-corrected chi connectivity index (χ1v) is 8.80. The van der Waals surface area contributed by atoms with Crippen molar-refractivity contribution < 1.29 is 9.53 Å². The summed E-state index contributed by atoms with van der Waals surface area (Å²) >= 11 is 5.94. The minimum Gasteiger partial charge on any atom is -0.365 e. The summed E-state index contributed by atoms with van der Waals surface area (Å²) in [5, 5.41) is 3.81. The molecule has 1 saturated carbocycles. The maximum absolute atomic E-state index is 12.5. The number of fused-ring (bicyclic) bond motifs is 1. The van der Waals surface area contributed by atoms with E-state index < -0.39 is 0 Å². The van der Waals surface area contributed by atoms with E-state index in [0.29, 0.717) is 29.9 Å². The Kier molecular flexibility index (Phi) is 4.29. The molecule has 1 amide bonds. The van der Waals surface area contributed by atoms with E-state index in [1.807, 2.05) is 28.8 Å². The Morgan fingerprint density at radius 1 is 1.25 bits per heavy atom. The van der Waals surface area contributed by atoms with E-state index >= 15 is 0 Å². The molecule has 126 valence electrons. The van der Waals surface area contributed by atoms with Gasteiger partial charge in [-0.2, -0.15) is 0 Å². The first kappa shape index (κ1) is 15.7. The van der Waals surface area contributed by atoms with Crippen LogP contribution < -0.4 is 5.32 Å². The van der Waals surface area contributed by atoms with Gasteiger partial charge in [0.1, 0.15) is 6.10 Å². The van der Waals surface area contributed by atoms with Crippen LogP contribution in [0.5, 0.6) is 0 Å². The summed E-state index contributed by atoms with van der Waals surface area (Å²) in [5.41, 5.74) is 2.43. The lowest BCUT2D eigenvalue weighted by molar-refractivity contribution is 0.00256. The summed E-state index contributed by atoms with van der Waals surface area (Å²) in [5.74, 6) is -0.0795. The van der Waals surface area contributed by atoms with Crippen molar-refractivity contribution in [1.82, 2.24) is 14.9 Å². The van der Waals surface area contributed by atoms with Crippen LogP contribution in [0.2, 0.25) is 5.02 Å². The molecule has 0 unspecified atom stereocenters. The van der Waals surface area contributed by atoms with E-state index in [4.69, 9.17) is 16.3 Å². The van der Waals surface area contributed by atoms with Gasteiger partial charge < -0.3 is 14.6 Å². The van der Waals surface area contributed by atoms with Gasteiger partial charge in [-0.1, -0.05) is 36.6 Å². The highest BCUT2D eigenvalue weighted by Crippen LogP contribution is 2.28. The van der Waals surface area contributed by atoms with Crippen LogP contribution >= 0.6 is 11.6 Å². The van der Waals surface area contributed by atoms with Crippen LogP contribution in [-0.4, -0.2) is 21.5 Å². The molecule has 24 heavy (non-hydrogen) atoms. The summed E-state index contributed by atoms with van der Waals surface area (Å²) in [6.07, 6.45) is 6.21. The van der Waals surface area contributed by atoms with E-state index in [1.54, 1.807) is 6.33 Å². The number of hydrogen-bond acceptors (Lipinski definition) is 3. The number of carbonyl (C=O) groups excluding carboxylic acids is 1. The number of rotatable bonds is 3. The molecular formula is C18H20ClN3O2. The average molecular weight is 346 g/mol. The number of aromatic nitrogens is 2. The van der Waals surface area contributed by atoms with E-state index in [1.165, 1.54) is 12.8 Å². The molecule has 0 spiro atoms. The summed E-state index contributed by atoms with van der Waals surface area (Å²) in [4.78, 5) is 16.8. The maximum Gasteiger partial charge on any atom is 0.272 e. The van der Waals surface area contributed by atoms with Crippen LogP contribution in [0, 0.1) is 0 Å². The van der Waals surface area contributed by atoms with Crippen molar-refractivity contribution in [3.63, 3.8) is 0 Å². The van der Waals surface area contributed by atoms with E-state index in [0.717, 1.165) is 24.1 Å². The van der Waals surface area contributed by atoms with Crippen molar-refractivity contribution in [2.24, 2.45) is 0 Å². The molecular weight excluding hydrogens is 326 g/mol. The first-order valence-electron chi connectivity index (χ1n) is 8.42. The van der Waals surface area contributed by atoms with Crippen molar-refractivity contribution in [2.45, 2.75) is 51.0 Å². The number of nitrogens with one attached hydrogen (secondary N) is 1. The van der Waals surface area contributed by atoms with Crippen LogP contribution in [-0.2, 0) is 17.9 Å². The van der Waals surface area contributed by atoms with Gasteiger partial charge in [0.05, 0.1) is 25.2 Å². The molecule has 0 saturated heterocycles. The lowest BCUT2D eigenvalue weighted by Gasteiger charge is -2.25. The zero-order chi connectivity index (χ0) is 16.5. The van der Waals surface area contributed by atoms with E-state index in [2.05, 4.69) is 10.3 Å². The Balaban J connectivity index is 1.48. The smallest absolute Gasteiger partial charge is 0.272 e. The first-order chi connectivity index (χ1) is 11.7. The van der Waals surface area contributed by atoms with Crippen LogP contribution in [0.25, 0.3) is 0 Å². The monoisotopic (exact) mass is 345 g/mol. The number of carbonyl (C=O) groups is 1. The highest BCUT2D eigenvalue weighted by Gasteiger charge is 2.27. The average Bonchev–Trinajstić information content (AvgIpc) is 3.24. The second-order valence-corrected chi connectivity index (χ2v) is 6.93. The number of hydrogen-bond donors (Lipinski definition) is 1. The van der Waals surface area contributed by atoms with Crippen LogP contribution in [0.15, 0.2) is 30.6 Å². The normalized spacial score (nSPS) is 20.8. The third kappa shape index (κ3) is 3.06. The van der Waals surface area contributed by atoms with Gasteiger partial charge in [0, 0.05) is 11.1 Å².